The molecule has 2 aromatic carbocycles. The van der Waals surface area contributed by atoms with Gasteiger partial charge >= 0.3 is 12.0 Å². The van der Waals surface area contributed by atoms with Crippen molar-refractivity contribution < 1.29 is 28.6 Å². The molecular weight excluding hydrogens is 364 g/mol. The van der Waals surface area contributed by atoms with E-state index in [1.54, 1.807) is 48.5 Å². The van der Waals surface area contributed by atoms with E-state index in [9.17, 15) is 14.4 Å². The number of benzene rings is 2. The van der Waals surface area contributed by atoms with Crippen molar-refractivity contribution in [2.24, 2.45) is 0 Å². The molecule has 8 heteroatoms. The van der Waals surface area contributed by atoms with E-state index in [1.165, 1.54) is 21.3 Å². The minimum atomic E-state index is -1.26. The number of rotatable bonds is 7. The average Bonchev–Trinajstić information content (AvgIpc) is 2.72. The van der Waals surface area contributed by atoms with Crippen LogP contribution in [0.4, 0.5) is 4.79 Å². The summed E-state index contributed by atoms with van der Waals surface area (Å²) in [5.74, 6) is -0.365. The maximum absolute atomic E-state index is 12.4. The van der Waals surface area contributed by atoms with Gasteiger partial charge in [0.15, 0.2) is 11.5 Å². The summed E-state index contributed by atoms with van der Waals surface area (Å²) in [6.45, 7) is 0. The van der Waals surface area contributed by atoms with Gasteiger partial charge in [-0.15, -0.1) is 0 Å². The maximum atomic E-state index is 12.4. The summed E-state index contributed by atoms with van der Waals surface area (Å²) in [6.07, 6.45) is -1.34. The normalized spacial score (nSPS) is 11.1. The molecule has 1 atom stereocenters. The molecule has 0 spiro atoms. The highest BCUT2D eigenvalue weighted by Gasteiger charge is 2.26. The first-order chi connectivity index (χ1) is 13.5. The van der Waals surface area contributed by atoms with Crippen molar-refractivity contribution in [2.75, 3.05) is 21.3 Å². The Morgan fingerprint density at radius 3 is 2.25 bits per heavy atom. The van der Waals surface area contributed by atoms with Crippen LogP contribution in [0.25, 0.3) is 0 Å². The Morgan fingerprint density at radius 2 is 1.64 bits per heavy atom. The van der Waals surface area contributed by atoms with Crippen molar-refractivity contribution >= 4 is 17.9 Å². The van der Waals surface area contributed by atoms with Gasteiger partial charge in [-0.2, -0.15) is 0 Å². The van der Waals surface area contributed by atoms with Crippen LogP contribution in [0.1, 0.15) is 17.2 Å². The van der Waals surface area contributed by atoms with Crippen molar-refractivity contribution in [3.8, 4) is 11.5 Å². The molecule has 2 N–H and O–H groups in total. The third-order valence-electron chi connectivity index (χ3n) is 3.85. The van der Waals surface area contributed by atoms with E-state index in [0.717, 1.165) is 0 Å². The van der Waals surface area contributed by atoms with Gasteiger partial charge in [-0.25, -0.2) is 4.79 Å². The molecule has 28 heavy (non-hydrogen) atoms. The highest BCUT2D eigenvalue weighted by molar-refractivity contribution is 5.97. The second-order valence-electron chi connectivity index (χ2n) is 5.72. The Hall–Kier alpha value is -3.55. The monoisotopic (exact) mass is 386 g/mol. The first-order valence-corrected chi connectivity index (χ1v) is 8.46. The van der Waals surface area contributed by atoms with Crippen molar-refractivity contribution in [3.05, 3.63) is 59.7 Å². The van der Waals surface area contributed by atoms with Crippen molar-refractivity contribution in [3.63, 3.8) is 0 Å². The van der Waals surface area contributed by atoms with Crippen LogP contribution in [0.5, 0.6) is 11.5 Å². The molecule has 2 rings (SSSR count). The minimum absolute atomic E-state index is 0.0864. The molecule has 2 aromatic rings. The molecule has 0 unspecified atom stereocenters. The van der Waals surface area contributed by atoms with Gasteiger partial charge in [0.25, 0.3) is 5.91 Å². The zero-order valence-electron chi connectivity index (χ0n) is 15.9. The van der Waals surface area contributed by atoms with Gasteiger partial charge < -0.3 is 19.5 Å². The number of carbonyl (C=O) groups is 3. The molecule has 0 radical (unpaired) electrons. The van der Waals surface area contributed by atoms with Crippen LogP contribution in [-0.2, 0) is 20.7 Å². The van der Waals surface area contributed by atoms with Gasteiger partial charge in [0.05, 0.1) is 20.6 Å². The van der Waals surface area contributed by atoms with Gasteiger partial charge in [-0.1, -0.05) is 36.4 Å². The molecule has 0 aliphatic carbocycles. The highest BCUT2D eigenvalue weighted by atomic mass is 16.5. The second-order valence-corrected chi connectivity index (χ2v) is 5.72. The van der Waals surface area contributed by atoms with E-state index in [0.29, 0.717) is 22.6 Å². The molecule has 3 amide bonds. The summed E-state index contributed by atoms with van der Waals surface area (Å²) >= 11 is 0. The number of amides is 3. The van der Waals surface area contributed by atoms with E-state index in [1.807, 2.05) is 0 Å². The maximum Gasteiger partial charge on any atom is 0.321 e. The van der Waals surface area contributed by atoms with Crippen molar-refractivity contribution in [1.29, 1.82) is 0 Å². The van der Waals surface area contributed by atoms with E-state index < -0.39 is 24.0 Å². The lowest BCUT2D eigenvalue weighted by Gasteiger charge is -2.18. The predicted molar refractivity (Wildman–Crippen MR) is 101 cm³/mol. The molecule has 0 heterocycles. The second kappa shape index (κ2) is 9.96. The Morgan fingerprint density at radius 1 is 0.964 bits per heavy atom. The summed E-state index contributed by atoms with van der Waals surface area (Å²) in [5.41, 5.74) is 1.07. The largest absolute Gasteiger partial charge is 0.493 e. The summed E-state index contributed by atoms with van der Waals surface area (Å²) in [5, 5.41) is 4.41. The number of ether oxygens (including phenoxy) is 3. The molecular formula is C20H22N2O6. The predicted octanol–water partition coefficient (Wildman–Crippen LogP) is 1.99. The lowest BCUT2D eigenvalue weighted by atomic mass is 10.1. The number of hydrogen-bond donors (Lipinski definition) is 2. The van der Waals surface area contributed by atoms with Gasteiger partial charge in [-0.05, 0) is 17.7 Å². The lowest BCUT2D eigenvalue weighted by molar-refractivity contribution is -0.155. The summed E-state index contributed by atoms with van der Waals surface area (Å²) in [6, 6.07) is 12.8. The smallest absolute Gasteiger partial charge is 0.321 e. The first-order valence-electron chi connectivity index (χ1n) is 8.46. The fourth-order valence-corrected chi connectivity index (χ4v) is 2.47. The Labute approximate surface area is 162 Å². The number of carbonyl (C=O) groups excluding carboxylic acids is 3. The van der Waals surface area contributed by atoms with Crippen LogP contribution in [0, 0.1) is 0 Å². The highest BCUT2D eigenvalue weighted by Crippen LogP contribution is 2.28. The van der Waals surface area contributed by atoms with Crippen LogP contribution >= 0.6 is 0 Å². The molecule has 0 saturated heterocycles. The van der Waals surface area contributed by atoms with Gasteiger partial charge in [-0.3, -0.25) is 14.9 Å². The van der Waals surface area contributed by atoms with Gasteiger partial charge in [0.1, 0.15) is 0 Å². The standard InChI is InChI=1S/C20H22N2O6/c1-21-20(25)22-19(24)18(14-7-5-4-6-8-14)28-17(23)12-13-9-10-15(26-2)16(11-13)27-3/h4-11,18H,12H2,1-3H3,(H2,21,22,24,25)/t18-/m0/s1. The Kier molecular flexibility index (Phi) is 7.38. The molecule has 0 bridgehead atoms. The van der Waals surface area contributed by atoms with Crippen LogP contribution in [0.3, 0.4) is 0 Å². The number of hydrogen-bond acceptors (Lipinski definition) is 6. The number of urea groups is 1. The van der Waals surface area contributed by atoms with Crippen LogP contribution < -0.4 is 20.1 Å². The summed E-state index contributed by atoms with van der Waals surface area (Å²) in [7, 11) is 4.39. The van der Waals surface area contributed by atoms with Gasteiger partial charge in [0, 0.05) is 12.6 Å². The minimum Gasteiger partial charge on any atom is -0.493 e. The topological polar surface area (TPSA) is 103 Å². The Bertz CT molecular complexity index is 838. The van der Waals surface area contributed by atoms with Crippen molar-refractivity contribution in [1.82, 2.24) is 10.6 Å². The number of esters is 1. The molecule has 0 fully saturated rings. The molecule has 0 saturated carbocycles. The van der Waals surface area contributed by atoms with Crippen molar-refractivity contribution in [2.45, 2.75) is 12.5 Å². The fraction of sp³-hybridized carbons (Fsp3) is 0.250. The SMILES string of the molecule is CNC(=O)NC(=O)[C@@H](OC(=O)Cc1ccc(OC)c(OC)c1)c1ccccc1. The van der Waals surface area contributed by atoms with E-state index in [-0.39, 0.29) is 6.42 Å². The third kappa shape index (κ3) is 5.47. The molecule has 0 aliphatic rings. The first kappa shape index (κ1) is 20.8. The van der Waals surface area contributed by atoms with Crippen LogP contribution in [0.15, 0.2) is 48.5 Å². The number of imide groups is 1. The molecule has 8 nitrogen and oxygen atoms in total. The molecule has 0 aromatic heterocycles. The summed E-state index contributed by atoms with van der Waals surface area (Å²) in [4.78, 5) is 36.3. The van der Waals surface area contributed by atoms with Gasteiger partial charge in [0.2, 0.25) is 6.10 Å². The van der Waals surface area contributed by atoms with E-state index in [4.69, 9.17) is 14.2 Å². The third-order valence-corrected chi connectivity index (χ3v) is 3.85. The lowest BCUT2D eigenvalue weighted by Crippen LogP contribution is -2.41. The Balaban J connectivity index is 2.16. The number of methoxy groups -OCH3 is 2. The van der Waals surface area contributed by atoms with E-state index in [2.05, 4.69) is 10.6 Å². The van der Waals surface area contributed by atoms with Crippen LogP contribution in [-0.4, -0.2) is 39.2 Å². The number of nitrogens with one attached hydrogen (secondary N) is 2. The van der Waals surface area contributed by atoms with E-state index >= 15 is 0 Å². The molecule has 0 aliphatic heterocycles. The average molecular weight is 386 g/mol. The zero-order valence-corrected chi connectivity index (χ0v) is 15.9. The zero-order chi connectivity index (χ0) is 20.5. The fourth-order valence-electron chi connectivity index (χ4n) is 2.47. The molecule has 148 valence electrons. The summed E-state index contributed by atoms with van der Waals surface area (Å²) < 4.78 is 15.8. The van der Waals surface area contributed by atoms with Crippen LogP contribution in [0.2, 0.25) is 0 Å². The quantitative estimate of drug-likeness (QED) is 0.706.